The van der Waals surface area contributed by atoms with Crippen LogP contribution in [0.2, 0.25) is 0 Å². The van der Waals surface area contributed by atoms with Crippen molar-refractivity contribution in [2.45, 2.75) is 13.8 Å². The number of aryl methyl sites for hydroxylation is 2. The fourth-order valence-electron chi connectivity index (χ4n) is 2.03. The average molecular weight is 313 g/mol. The lowest BCUT2D eigenvalue weighted by Crippen LogP contribution is -2.18. The van der Waals surface area contributed by atoms with E-state index in [1.54, 1.807) is 12.1 Å². The van der Waals surface area contributed by atoms with Crippen molar-refractivity contribution >= 4 is 29.8 Å². The second-order valence-corrected chi connectivity index (χ2v) is 5.39. The van der Waals surface area contributed by atoms with E-state index in [9.17, 15) is 4.79 Å². The first-order valence-electron chi connectivity index (χ1n) is 6.89. The lowest BCUT2D eigenvalue weighted by Gasteiger charge is -2.04. The minimum Gasteiger partial charge on any atom is -0.267 e. The highest BCUT2D eigenvalue weighted by Gasteiger charge is 2.07. The van der Waals surface area contributed by atoms with Crippen LogP contribution in [0.25, 0.3) is 6.08 Å². The molecule has 2 rings (SSSR count). The molecule has 4 heteroatoms. The molecule has 22 heavy (non-hydrogen) atoms. The van der Waals surface area contributed by atoms with Crippen LogP contribution in [-0.4, -0.2) is 12.1 Å². The average Bonchev–Trinajstić information content (AvgIpc) is 2.48. The molecule has 1 N–H and O–H groups in total. The third-order valence-electron chi connectivity index (χ3n) is 3.08. The zero-order chi connectivity index (χ0) is 15.9. The molecule has 1 amide bonds. The van der Waals surface area contributed by atoms with E-state index in [1.165, 1.54) is 6.21 Å². The van der Waals surface area contributed by atoms with Crippen LogP contribution < -0.4 is 5.43 Å². The van der Waals surface area contributed by atoms with Gasteiger partial charge in [-0.3, -0.25) is 4.79 Å². The first kappa shape index (κ1) is 16.0. The van der Waals surface area contributed by atoms with Gasteiger partial charge >= 0.3 is 0 Å². The molecule has 0 aromatic heterocycles. The van der Waals surface area contributed by atoms with Gasteiger partial charge in [0.2, 0.25) is 0 Å². The van der Waals surface area contributed by atoms with Crippen molar-refractivity contribution in [2.24, 2.45) is 5.10 Å². The molecular weight excluding hydrogens is 296 g/mol. The van der Waals surface area contributed by atoms with Gasteiger partial charge in [-0.05, 0) is 37.1 Å². The first-order chi connectivity index (χ1) is 10.6. The fraction of sp³-hybridized carbons (Fsp3) is 0.111. The molecule has 0 heterocycles. The Labute approximate surface area is 135 Å². The molecule has 0 spiro atoms. The largest absolute Gasteiger partial charge is 0.271 e. The van der Waals surface area contributed by atoms with Crippen LogP contribution >= 0.6 is 11.6 Å². The molecule has 0 aliphatic rings. The summed E-state index contributed by atoms with van der Waals surface area (Å²) in [7, 11) is 0. The van der Waals surface area contributed by atoms with Gasteiger partial charge in [0.05, 0.1) is 11.2 Å². The molecule has 0 fully saturated rings. The molecule has 0 saturated heterocycles. The Morgan fingerprint density at radius 1 is 1.14 bits per heavy atom. The maximum Gasteiger partial charge on any atom is 0.271 e. The summed E-state index contributed by atoms with van der Waals surface area (Å²) in [6.45, 7) is 3.88. The highest BCUT2D eigenvalue weighted by Crippen LogP contribution is 2.10. The van der Waals surface area contributed by atoms with Gasteiger partial charge in [0.1, 0.15) is 0 Å². The lowest BCUT2D eigenvalue weighted by molar-refractivity contribution is 0.0954. The predicted octanol–water partition coefficient (Wildman–Crippen LogP) is 4.30. The summed E-state index contributed by atoms with van der Waals surface area (Å²) in [6.07, 6.45) is 3.18. The minimum absolute atomic E-state index is 0.252. The van der Waals surface area contributed by atoms with Crippen molar-refractivity contribution in [1.29, 1.82) is 0 Å². The van der Waals surface area contributed by atoms with Crippen LogP contribution in [0, 0.1) is 13.8 Å². The van der Waals surface area contributed by atoms with Crippen molar-refractivity contribution in [1.82, 2.24) is 5.43 Å². The number of halogens is 1. The number of hydrogen-bond acceptors (Lipinski definition) is 2. The molecular formula is C18H17ClN2O. The second-order valence-electron chi connectivity index (χ2n) is 4.96. The van der Waals surface area contributed by atoms with Crippen LogP contribution in [0.15, 0.2) is 58.7 Å². The van der Waals surface area contributed by atoms with Crippen LogP contribution in [0.3, 0.4) is 0 Å². The number of amides is 1. The summed E-state index contributed by atoms with van der Waals surface area (Å²) < 4.78 is 0. The molecule has 0 aliphatic carbocycles. The molecule has 0 atom stereocenters. The Kier molecular flexibility index (Phi) is 5.50. The summed E-state index contributed by atoms with van der Waals surface area (Å²) in [5.74, 6) is -0.252. The summed E-state index contributed by atoms with van der Waals surface area (Å²) >= 11 is 6.06. The number of allylic oxidation sites excluding steroid dienone is 1. The monoisotopic (exact) mass is 312 g/mol. The fourth-order valence-corrected chi connectivity index (χ4v) is 2.20. The molecule has 0 aliphatic heterocycles. The van der Waals surface area contributed by atoms with Crippen molar-refractivity contribution in [3.63, 3.8) is 0 Å². The molecule has 0 radical (unpaired) electrons. The highest BCUT2D eigenvalue weighted by molar-refractivity contribution is 6.41. The molecule has 2 aromatic carbocycles. The summed E-state index contributed by atoms with van der Waals surface area (Å²) in [4.78, 5) is 12.0. The Bertz CT molecular complexity index is 721. The Hall–Kier alpha value is -2.39. The number of nitrogens with one attached hydrogen (secondary N) is 1. The van der Waals surface area contributed by atoms with Gasteiger partial charge in [0, 0.05) is 5.56 Å². The third kappa shape index (κ3) is 4.57. The van der Waals surface area contributed by atoms with E-state index in [0.29, 0.717) is 10.6 Å². The van der Waals surface area contributed by atoms with Crippen LogP contribution in [0.5, 0.6) is 0 Å². The van der Waals surface area contributed by atoms with E-state index in [0.717, 1.165) is 16.7 Å². The predicted molar refractivity (Wildman–Crippen MR) is 92.1 cm³/mol. The molecule has 0 saturated carbocycles. The van der Waals surface area contributed by atoms with E-state index in [2.05, 4.69) is 10.5 Å². The molecule has 2 aromatic rings. The van der Waals surface area contributed by atoms with Gasteiger partial charge in [0.15, 0.2) is 0 Å². The number of nitrogens with zero attached hydrogens (tertiary/aromatic N) is 1. The van der Waals surface area contributed by atoms with Gasteiger partial charge in [-0.2, -0.15) is 5.10 Å². The minimum atomic E-state index is -0.252. The Morgan fingerprint density at radius 2 is 1.86 bits per heavy atom. The van der Waals surface area contributed by atoms with Gasteiger partial charge in [-0.25, -0.2) is 5.43 Å². The van der Waals surface area contributed by atoms with E-state index in [-0.39, 0.29) is 5.91 Å². The molecule has 0 unspecified atom stereocenters. The SMILES string of the molecule is Cc1ccc(C(=O)NN=CC(Cl)=Cc2ccccc2)c(C)c1. The first-order valence-corrected chi connectivity index (χ1v) is 7.27. The second kappa shape index (κ2) is 7.57. The maximum atomic E-state index is 12.0. The summed E-state index contributed by atoms with van der Waals surface area (Å²) in [5.41, 5.74) is 6.09. The van der Waals surface area contributed by atoms with E-state index in [1.807, 2.05) is 56.3 Å². The zero-order valence-electron chi connectivity index (χ0n) is 12.5. The van der Waals surface area contributed by atoms with E-state index < -0.39 is 0 Å². The number of hydrogen-bond donors (Lipinski definition) is 1. The molecule has 112 valence electrons. The quantitative estimate of drug-likeness (QED) is 0.663. The van der Waals surface area contributed by atoms with Crippen LogP contribution in [0.1, 0.15) is 27.0 Å². The standard InChI is InChI=1S/C18H17ClN2O/c1-13-8-9-17(14(2)10-13)18(22)21-20-12-16(19)11-15-6-4-3-5-7-15/h3-12H,1-2H3,(H,21,22). The maximum absolute atomic E-state index is 12.0. The van der Waals surface area contributed by atoms with Crippen LogP contribution in [0.4, 0.5) is 0 Å². The van der Waals surface area contributed by atoms with Gasteiger partial charge in [-0.1, -0.05) is 59.6 Å². The highest BCUT2D eigenvalue weighted by atomic mass is 35.5. The topological polar surface area (TPSA) is 41.5 Å². The Morgan fingerprint density at radius 3 is 2.55 bits per heavy atom. The van der Waals surface area contributed by atoms with Crippen molar-refractivity contribution < 1.29 is 4.79 Å². The third-order valence-corrected chi connectivity index (χ3v) is 3.29. The number of hydrazone groups is 1. The van der Waals surface area contributed by atoms with Crippen LogP contribution in [-0.2, 0) is 0 Å². The van der Waals surface area contributed by atoms with E-state index >= 15 is 0 Å². The van der Waals surface area contributed by atoms with Crippen molar-refractivity contribution in [3.05, 3.63) is 75.8 Å². The van der Waals surface area contributed by atoms with Gasteiger partial charge in [-0.15, -0.1) is 0 Å². The lowest BCUT2D eigenvalue weighted by atomic mass is 10.1. The van der Waals surface area contributed by atoms with Gasteiger partial charge in [0.25, 0.3) is 5.91 Å². The number of carbonyl (C=O) groups is 1. The van der Waals surface area contributed by atoms with Crippen molar-refractivity contribution in [2.75, 3.05) is 0 Å². The molecule has 3 nitrogen and oxygen atoms in total. The normalized spacial score (nSPS) is 11.7. The number of rotatable bonds is 4. The summed E-state index contributed by atoms with van der Waals surface area (Å²) in [6, 6.07) is 15.3. The Balaban J connectivity index is 2.00. The smallest absolute Gasteiger partial charge is 0.267 e. The number of benzene rings is 2. The molecule has 0 bridgehead atoms. The number of carbonyl (C=O) groups excluding carboxylic acids is 1. The zero-order valence-corrected chi connectivity index (χ0v) is 13.3. The van der Waals surface area contributed by atoms with Crippen molar-refractivity contribution in [3.8, 4) is 0 Å². The van der Waals surface area contributed by atoms with Gasteiger partial charge < -0.3 is 0 Å². The summed E-state index contributed by atoms with van der Waals surface area (Å²) in [5, 5.41) is 4.32. The van der Waals surface area contributed by atoms with E-state index in [4.69, 9.17) is 11.6 Å².